The second-order valence-electron chi connectivity index (χ2n) is 8.67. The first kappa shape index (κ1) is 25.3. The Morgan fingerprint density at radius 1 is 1.09 bits per heavy atom. The van der Waals surface area contributed by atoms with Crippen LogP contribution in [0.15, 0.2) is 59.5 Å². The van der Waals surface area contributed by atoms with Crippen molar-refractivity contribution >= 4 is 15.9 Å². The molecule has 1 saturated heterocycles. The fraction of sp³-hybridized carbons (Fsp3) is 0.480. The molecule has 1 amide bonds. The highest BCUT2D eigenvalue weighted by molar-refractivity contribution is 7.89. The second-order valence-corrected chi connectivity index (χ2v) is 10.4. The van der Waals surface area contributed by atoms with Crippen LogP contribution in [0.1, 0.15) is 44.6 Å². The molecule has 0 bridgehead atoms. The number of halogens is 1. The summed E-state index contributed by atoms with van der Waals surface area (Å²) in [5.41, 5.74) is 0.813. The predicted octanol–water partition coefficient (Wildman–Crippen LogP) is 3.49. The molecule has 2 atom stereocenters. The van der Waals surface area contributed by atoms with Crippen molar-refractivity contribution in [3.05, 3.63) is 66.0 Å². The van der Waals surface area contributed by atoms with Crippen LogP contribution in [-0.4, -0.2) is 50.9 Å². The smallest absolute Gasteiger partial charge is 0.244 e. The number of hydrogen-bond donors (Lipinski definition) is 2. The Balaban J connectivity index is 1.59. The molecular weight excluding hydrogens is 441 g/mol. The normalized spacial score (nSPS) is 18.1. The van der Waals surface area contributed by atoms with Gasteiger partial charge in [0.1, 0.15) is 16.8 Å². The molecular formula is C25H34FN3O3S. The first-order valence-corrected chi connectivity index (χ1v) is 13.2. The molecule has 1 heterocycles. The van der Waals surface area contributed by atoms with Gasteiger partial charge in [-0.1, -0.05) is 48.9 Å². The number of sulfonamides is 1. The Kier molecular flexibility index (Phi) is 9.41. The van der Waals surface area contributed by atoms with Gasteiger partial charge in [-0.15, -0.1) is 0 Å². The molecule has 0 aromatic heterocycles. The molecule has 2 unspecified atom stereocenters. The summed E-state index contributed by atoms with van der Waals surface area (Å²) in [7, 11) is -4.20. The van der Waals surface area contributed by atoms with E-state index in [9.17, 15) is 17.6 Å². The van der Waals surface area contributed by atoms with E-state index in [0.29, 0.717) is 12.6 Å². The van der Waals surface area contributed by atoms with Gasteiger partial charge in [-0.3, -0.25) is 4.79 Å². The van der Waals surface area contributed by atoms with Crippen LogP contribution in [0, 0.1) is 5.82 Å². The number of piperidine rings is 1. The van der Waals surface area contributed by atoms with E-state index in [0.717, 1.165) is 37.6 Å². The van der Waals surface area contributed by atoms with Crippen molar-refractivity contribution in [2.75, 3.05) is 19.6 Å². The Bertz CT molecular complexity index is 1000. The number of amides is 1. The van der Waals surface area contributed by atoms with Gasteiger partial charge in [0.05, 0.1) is 0 Å². The summed E-state index contributed by atoms with van der Waals surface area (Å²) in [6.07, 6.45) is 5.72. The van der Waals surface area contributed by atoms with Crippen LogP contribution < -0.4 is 10.0 Å². The number of likely N-dealkylation sites (tertiary alicyclic amines) is 1. The quantitative estimate of drug-likeness (QED) is 0.488. The van der Waals surface area contributed by atoms with Gasteiger partial charge in [-0.2, -0.15) is 4.72 Å². The zero-order valence-corrected chi connectivity index (χ0v) is 20.0. The van der Waals surface area contributed by atoms with E-state index in [1.54, 1.807) is 0 Å². The van der Waals surface area contributed by atoms with Crippen molar-refractivity contribution in [2.24, 2.45) is 0 Å². The highest BCUT2D eigenvalue weighted by Crippen LogP contribution is 2.17. The first-order valence-electron chi connectivity index (χ1n) is 11.7. The van der Waals surface area contributed by atoms with E-state index >= 15 is 0 Å². The Morgan fingerprint density at radius 3 is 2.55 bits per heavy atom. The highest BCUT2D eigenvalue weighted by atomic mass is 32.2. The molecule has 3 rings (SSSR count). The number of benzene rings is 2. The largest absolute Gasteiger partial charge is 0.355 e. The second kappa shape index (κ2) is 12.3. The lowest BCUT2D eigenvalue weighted by molar-refractivity contribution is -0.122. The van der Waals surface area contributed by atoms with Gasteiger partial charge in [-0.05, 0) is 69.8 Å². The van der Waals surface area contributed by atoms with Gasteiger partial charge in [0, 0.05) is 12.6 Å². The minimum Gasteiger partial charge on any atom is -0.355 e. The zero-order chi connectivity index (χ0) is 23.7. The lowest BCUT2D eigenvalue weighted by atomic mass is 10.0. The van der Waals surface area contributed by atoms with Crippen molar-refractivity contribution in [1.29, 1.82) is 0 Å². The maximum absolute atomic E-state index is 14.1. The van der Waals surface area contributed by atoms with Crippen LogP contribution in [0.5, 0.6) is 0 Å². The number of unbranched alkanes of at least 4 members (excludes halogenated alkanes) is 1. The maximum atomic E-state index is 14.1. The standard InChI is InChI=1S/C25H34FN3O3S/c1-20-11-7-9-17-29(20)18-10-8-16-27-25(30)23(19-21-12-3-2-4-13-21)28-33(31,32)24-15-6-5-14-22(24)26/h2-6,12-15,20,23,28H,7-11,16-19H2,1H3,(H,27,30). The molecule has 8 heteroatoms. The van der Waals surface area contributed by atoms with Crippen molar-refractivity contribution in [3.63, 3.8) is 0 Å². The van der Waals surface area contributed by atoms with Gasteiger partial charge >= 0.3 is 0 Å². The molecule has 1 aliphatic rings. The van der Waals surface area contributed by atoms with Crippen molar-refractivity contribution in [2.45, 2.75) is 62.4 Å². The van der Waals surface area contributed by atoms with E-state index in [2.05, 4.69) is 21.9 Å². The molecule has 2 N–H and O–H groups in total. The van der Waals surface area contributed by atoms with Crippen LogP contribution in [0.3, 0.4) is 0 Å². The molecule has 0 saturated carbocycles. The molecule has 2 aromatic carbocycles. The van der Waals surface area contributed by atoms with Gasteiger partial charge < -0.3 is 10.2 Å². The first-order chi connectivity index (χ1) is 15.9. The van der Waals surface area contributed by atoms with Crippen LogP contribution in [-0.2, 0) is 21.2 Å². The van der Waals surface area contributed by atoms with E-state index in [1.807, 2.05) is 30.3 Å². The molecule has 0 spiro atoms. The number of nitrogens with one attached hydrogen (secondary N) is 2. The molecule has 0 radical (unpaired) electrons. The van der Waals surface area contributed by atoms with E-state index < -0.39 is 32.7 Å². The summed E-state index contributed by atoms with van der Waals surface area (Å²) < 4.78 is 42.1. The van der Waals surface area contributed by atoms with Crippen LogP contribution in [0.4, 0.5) is 4.39 Å². The van der Waals surface area contributed by atoms with Gasteiger partial charge in [0.15, 0.2) is 0 Å². The third-order valence-corrected chi connectivity index (χ3v) is 7.64. The van der Waals surface area contributed by atoms with Crippen LogP contribution >= 0.6 is 0 Å². The maximum Gasteiger partial charge on any atom is 0.244 e. The summed E-state index contributed by atoms with van der Waals surface area (Å²) >= 11 is 0. The summed E-state index contributed by atoms with van der Waals surface area (Å²) in [6.45, 7) is 4.86. The SMILES string of the molecule is CC1CCCCN1CCCCNC(=O)C(Cc1ccccc1)NS(=O)(=O)c1ccccc1F. The average molecular weight is 476 g/mol. The number of rotatable bonds is 11. The third-order valence-electron chi connectivity index (χ3n) is 6.13. The average Bonchev–Trinajstić information content (AvgIpc) is 2.80. The summed E-state index contributed by atoms with van der Waals surface area (Å²) in [6, 6.07) is 13.9. The number of carbonyl (C=O) groups excluding carboxylic acids is 1. The number of carbonyl (C=O) groups is 1. The Hall–Kier alpha value is -2.29. The lowest BCUT2D eigenvalue weighted by Gasteiger charge is -2.33. The summed E-state index contributed by atoms with van der Waals surface area (Å²) in [4.78, 5) is 14.9. The molecule has 180 valence electrons. The molecule has 33 heavy (non-hydrogen) atoms. The Morgan fingerprint density at radius 2 is 1.82 bits per heavy atom. The van der Waals surface area contributed by atoms with Crippen LogP contribution in [0.2, 0.25) is 0 Å². The van der Waals surface area contributed by atoms with Crippen molar-refractivity contribution in [3.8, 4) is 0 Å². The molecule has 0 aliphatic carbocycles. The molecule has 6 nitrogen and oxygen atoms in total. The van der Waals surface area contributed by atoms with Gasteiger partial charge in [0.2, 0.25) is 15.9 Å². The number of hydrogen-bond acceptors (Lipinski definition) is 4. The van der Waals surface area contributed by atoms with Gasteiger partial charge in [0.25, 0.3) is 0 Å². The topological polar surface area (TPSA) is 78.5 Å². The van der Waals surface area contributed by atoms with Gasteiger partial charge in [-0.25, -0.2) is 12.8 Å². The molecule has 1 aliphatic heterocycles. The minimum absolute atomic E-state index is 0.172. The summed E-state index contributed by atoms with van der Waals surface area (Å²) in [5.74, 6) is -1.26. The predicted molar refractivity (Wildman–Crippen MR) is 128 cm³/mol. The summed E-state index contributed by atoms with van der Waals surface area (Å²) in [5, 5.41) is 2.86. The number of nitrogens with zero attached hydrogens (tertiary/aromatic N) is 1. The third kappa shape index (κ3) is 7.62. The highest BCUT2D eigenvalue weighted by Gasteiger charge is 2.27. The fourth-order valence-corrected chi connectivity index (χ4v) is 5.49. The zero-order valence-electron chi connectivity index (χ0n) is 19.2. The van der Waals surface area contributed by atoms with Crippen molar-refractivity contribution in [1.82, 2.24) is 14.9 Å². The van der Waals surface area contributed by atoms with E-state index in [4.69, 9.17) is 0 Å². The van der Waals surface area contributed by atoms with E-state index in [1.165, 1.54) is 37.5 Å². The minimum atomic E-state index is -4.20. The van der Waals surface area contributed by atoms with E-state index in [-0.39, 0.29) is 6.42 Å². The lowest BCUT2D eigenvalue weighted by Crippen LogP contribution is -2.48. The molecule has 1 fully saturated rings. The monoisotopic (exact) mass is 475 g/mol. The van der Waals surface area contributed by atoms with Crippen molar-refractivity contribution < 1.29 is 17.6 Å². The van der Waals surface area contributed by atoms with Crippen LogP contribution in [0.25, 0.3) is 0 Å². The Labute approximate surface area is 196 Å². The molecule has 2 aromatic rings. The fourth-order valence-electron chi connectivity index (χ4n) is 4.22.